The zero-order valence-corrected chi connectivity index (χ0v) is 15.8. The van der Waals surface area contributed by atoms with Crippen LogP contribution < -0.4 is 4.74 Å². The Labute approximate surface area is 159 Å². The van der Waals surface area contributed by atoms with E-state index in [4.69, 9.17) is 24.5 Å². The van der Waals surface area contributed by atoms with Crippen LogP contribution in [0.3, 0.4) is 0 Å². The first-order valence-electron chi connectivity index (χ1n) is 9.15. The van der Waals surface area contributed by atoms with Crippen LogP contribution in [0.5, 0.6) is 5.75 Å². The molecular formula is C21H27NO5. The molecule has 6 nitrogen and oxygen atoms in total. The molecule has 2 N–H and O–H groups in total. The van der Waals surface area contributed by atoms with Crippen LogP contribution in [0.2, 0.25) is 0 Å². The van der Waals surface area contributed by atoms with Crippen LogP contribution in [0, 0.1) is 11.8 Å². The van der Waals surface area contributed by atoms with Crippen LogP contribution in [0.15, 0.2) is 42.5 Å². The highest BCUT2D eigenvalue weighted by Gasteiger charge is 2.21. The van der Waals surface area contributed by atoms with E-state index < -0.39 is 11.9 Å². The third-order valence-corrected chi connectivity index (χ3v) is 4.52. The summed E-state index contributed by atoms with van der Waals surface area (Å²) < 4.78 is 5.95. The Balaban J connectivity index is 0.000000380. The van der Waals surface area contributed by atoms with Crippen molar-refractivity contribution in [2.24, 2.45) is 11.8 Å². The Morgan fingerprint density at radius 1 is 1.00 bits per heavy atom. The quantitative estimate of drug-likeness (QED) is 0.799. The van der Waals surface area contributed by atoms with Gasteiger partial charge in [-0.3, -0.25) is 4.90 Å². The smallest absolute Gasteiger partial charge is 0.414 e. The van der Waals surface area contributed by atoms with Crippen molar-refractivity contribution in [2.45, 2.75) is 20.3 Å². The zero-order valence-electron chi connectivity index (χ0n) is 15.8. The molecule has 0 spiro atoms. The van der Waals surface area contributed by atoms with Gasteiger partial charge in [-0.2, -0.15) is 0 Å². The average molecular weight is 373 g/mol. The number of hydrogen-bond acceptors (Lipinski definition) is 4. The van der Waals surface area contributed by atoms with Gasteiger partial charge in [0.1, 0.15) is 12.4 Å². The predicted octanol–water partition coefficient (Wildman–Crippen LogP) is 3.35. The van der Waals surface area contributed by atoms with Crippen molar-refractivity contribution in [3.05, 3.63) is 42.5 Å². The SMILES string of the molecule is CC1CC(C)CN(CCOc2ccc3ccccc3c2)C1.O=C(O)C(=O)O. The monoisotopic (exact) mass is 373 g/mol. The molecule has 1 fully saturated rings. The number of piperidine rings is 1. The number of likely N-dealkylation sites (tertiary alicyclic amines) is 1. The van der Waals surface area contributed by atoms with Gasteiger partial charge in [0, 0.05) is 19.6 Å². The Morgan fingerprint density at radius 3 is 2.19 bits per heavy atom. The van der Waals surface area contributed by atoms with Crippen LogP contribution in [0.25, 0.3) is 10.8 Å². The number of carbonyl (C=O) groups is 2. The molecular weight excluding hydrogens is 346 g/mol. The standard InChI is InChI=1S/C19H25NO.C2H2O4/c1-15-11-16(2)14-20(13-15)9-10-21-19-8-7-17-5-3-4-6-18(17)12-19;3-1(4)2(5)6/h3-8,12,15-16H,9-11,13-14H2,1-2H3;(H,3,4)(H,5,6). The van der Waals surface area contributed by atoms with E-state index in [0.29, 0.717) is 0 Å². The number of ether oxygens (including phenoxy) is 1. The van der Waals surface area contributed by atoms with E-state index in [-0.39, 0.29) is 0 Å². The topological polar surface area (TPSA) is 87.1 Å². The molecule has 3 rings (SSSR count). The second-order valence-electron chi connectivity index (χ2n) is 7.17. The number of carboxylic acid groups (broad SMARTS) is 2. The predicted molar refractivity (Wildman–Crippen MR) is 104 cm³/mol. The molecule has 1 aliphatic heterocycles. The van der Waals surface area contributed by atoms with Gasteiger partial charge in [-0.1, -0.05) is 44.2 Å². The number of carboxylic acids is 2. The Kier molecular flexibility index (Phi) is 7.61. The fraction of sp³-hybridized carbons (Fsp3) is 0.429. The van der Waals surface area contributed by atoms with Crippen molar-refractivity contribution in [2.75, 3.05) is 26.2 Å². The molecule has 146 valence electrons. The minimum Gasteiger partial charge on any atom is -0.492 e. The zero-order chi connectivity index (χ0) is 19.8. The molecule has 0 aromatic heterocycles. The summed E-state index contributed by atoms with van der Waals surface area (Å²) in [6.07, 6.45) is 1.36. The molecule has 1 heterocycles. The highest BCUT2D eigenvalue weighted by molar-refractivity contribution is 6.27. The maximum absolute atomic E-state index is 9.10. The normalized spacial score (nSPS) is 19.8. The summed E-state index contributed by atoms with van der Waals surface area (Å²) in [4.78, 5) is 20.7. The summed E-state index contributed by atoms with van der Waals surface area (Å²) in [7, 11) is 0. The first kappa shape index (κ1) is 20.7. The molecule has 2 aromatic carbocycles. The van der Waals surface area contributed by atoms with Crippen molar-refractivity contribution < 1.29 is 24.5 Å². The average Bonchev–Trinajstić information content (AvgIpc) is 2.61. The summed E-state index contributed by atoms with van der Waals surface area (Å²) >= 11 is 0. The lowest BCUT2D eigenvalue weighted by Crippen LogP contribution is -2.40. The molecule has 27 heavy (non-hydrogen) atoms. The molecule has 2 atom stereocenters. The molecule has 1 aliphatic rings. The minimum atomic E-state index is -1.82. The maximum Gasteiger partial charge on any atom is 0.414 e. The van der Waals surface area contributed by atoms with Gasteiger partial charge in [0.2, 0.25) is 0 Å². The molecule has 0 saturated carbocycles. The van der Waals surface area contributed by atoms with E-state index in [1.54, 1.807) is 0 Å². The number of hydrogen-bond donors (Lipinski definition) is 2. The Bertz CT molecular complexity index is 754. The number of rotatable bonds is 4. The first-order chi connectivity index (χ1) is 12.8. The molecule has 0 radical (unpaired) electrons. The Hall–Kier alpha value is -2.60. The van der Waals surface area contributed by atoms with Gasteiger partial charge in [-0.15, -0.1) is 0 Å². The molecule has 0 bridgehead atoms. The summed E-state index contributed by atoms with van der Waals surface area (Å²) in [5.41, 5.74) is 0. The van der Waals surface area contributed by atoms with Gasteiger partial charge in [-0.05, 0) is 41.2 Å². The number of fused-ring (bicyclic) bond motifs is 1. The van der Waals surface area contributed by atoms with Crippen LogP contribution in [-0.2, 0) is 9.59 Å². The van der Waals surface area contributed by atoms with Gasteiger partial charge >= 0.3 is 11.9 Å². The lowest BCUT2D eigenvalue weighted by Gasteiger charge is -2.34. The van der Waals surface area contributed by atoms with E-state index in [0.717, 1.165) is 30.7 Å². The third kappa shape index (κ3) is 6.90. The fourth-order valence-electron chi connectivity index (χ4n) is 3.52. The van der Waals surface area contributed by atoms with E-state index in [1.165, 1.54) is 30.3 Å². The van der Waals surface area contributed by atoms with Crippen molar-refractivity contribution >= 4 is 22.7 Å². The molecule has 1 saturated heterocycles. The van der Waals surface area contributed by atoms with Crippen LogP contribution in [0.4, 0.5) is 0 Å². The number of benzene rings is 2. The lowest BCUT2D eigenvalue weighted by molar-refractivity contribution is -0.159. The molecule has 6 heteroatoms. The highest BCUT2D eigenvalue weighted by atomic mass is 16.5. The lowest BCUT2D eigenvalue weighted by atomic mass is 9.92. The van der Waals surface area contributed by atoms with E-state index >= 15 is 0 Å². The van der Waals surface area contributed by atoms with Gasteiger partial charge < -0.3 is 14.9 Å². The summed E-state index contributed by atoms with van der Waals surface area (Å²) in [6, 6.07) is 14.8. The largest absolute Gasteiger partial charge is 0.492 e. The molecule has 0 aliphatic carbocycles. The van der Waals surface area contributed by atoms with E-state index in [1.807, 2.05) is 0 Å². The molecule has 2 unspecified atom stereocenters. The van der Waals surface area contributed by atoms with Gasteiger partial charge in [0.25, 0.3) is 0 Å². The van der Waals surface area contributed by atoms with E-state index in [9.17, 15) is 0 Å². The fourth-order valence-corrected chi connectivity index (χ4v) is 3.52. The molecule has 0 amide bonds. The number of nitrogens with zero attached hydrogens (tertiary/aromatic N) is 1. The van der Waals surface area contributed by atoms with Gasteiger partial charge in [0.15, 0.2) is 0 Å². The summed E-state index contributed by atoms with van der Waals surface area (Å²) in [6.45, 7) is 8.94. The van der Waals surface area contributed by atoms with Crippen LogP contribution in [0.1, 0.15) is 20.3 Å². The van der Waals surface area contributed by atoms with Crippen molar-refractivity contribution in [3.63, 3.8) is 0 Å². The summed E-state index contributed by atoms with van der Waals surface area (Å²) in [5, 5.41) is 17.3. The minimum absolute atomic E-state index is 0.776. The van der Waals surface area contributed by atoms with E-state index in [2.05, 4.69) is 61.2 Å². The Morgan fingerprint density at radius 2 is 1.59 bits per heavy atom. The second-order valence-corrected chi connectivity index (χ2v) is 7.17. The second kappa shape index (κ2) is 9.92. The van der Waals surface area contributed by atoms with Crippen molar-refractivity contribution in [1.29, 1.82) is 0 Å². The summed E-state index contributed by atoms with van der Waals surface area (Å²) in [5.74, 6) is -1.04. The first-order valence-corrected chi connectivity index (χ1v) is 9.15. The van der Waals surface area contributed by atoms with Crippen LogP contribution in [-0.4, -0.2) is 53.3 Å². The third-order valence-electron chi connectivity index (χ3n) is 4.52. The maximum atomic E-state index is 9.10. The van der Waals surface area contributed by atoms with Gasteiger partial charge in [-0.25, -0.2) is 9.59 Å². The van der Waals surface area contributed by atoms with Crippen molar-refractivity contribution in [1.82, 2.24) is 4.90 Å². The molecule has 2 aromatic rings. The van der Waals surface area contributed by atoms with Gasteiger partial charge in [0.05, 0.1) is 0 Å². The van der Waals surface area contributed by atoms with Crippen molar-refractivity contribution in [3.8, 4) is 5.75 Å². The van der Waals surface area contributed by atoms with Crippen LogP contribution >= 0.6 is 0 Å². The highest BCUT2D eigenvalue weighted by Crippen LogP contribution is 2.22. The number of aliphatic carboxylic acids is 2.